The summed E-state index contributed by atoms with van der Waals surface area (Å²) >= 11 is 0. The lowest BCUT2D eigenvalue weighted by Gasteiger charge is -2.25. The van der Waals surface area contributed by atoms with Crippen LogP contribution in [0.1, 0.15) is 55.1 Å². The summed E-state index contributed by atoms with van der Waals surface area (Å²) in [4.78, 5) is 12.9. The monoisotopic (exact) mass is 468 g/mol. The number of carbonyl (C=O) groups is 1. The van der Waals surface area contributed by atoms with Gasteiger partial charge < -0.3 is 9.88 Å². The van der Waals surface area contributed by atoms with E-state index in [0.29, 0.717) is 13.1 Å². The maximum absolute atomic E-state index is 12.8. The predicted molar refractivity (Wildman–Crippen MR) is 129 cm³/mol. The normalized spacial score (nSPS) is 15.3. The minimum Gasteiger partial charge on any atom is -0.349 e. The third-order valence-corrected chi connectivity index (χ3v) is 7.97. The van der Waals surface area contributed by atoms with E-state index in [1.807, 2.05) is 26.0 Å². The molecule has 0 spiro atoms. The van der Waals surface area contributed by atoms with Crippen LogP contribution in [0, 0.1) is 25.2 Å². The number of sulfonamides is 1. The van der Waals surface area contributed by atoms with Gasteiger partial charge in [0.25, 0.3) is 5.91 Å². The first-order chi connectivity index (χ1) is 15.8. The molecule has 2 heterocycles. The molecule has 1 N–H and O–H groups in total. The number of hydrogen-bond donors (Lipinski definition) is 1. The highest BCUT2D eigenvalue weighted by molar-refractivity contribution is 7.89. The first-order valence-electron chi connectivity index (χ1n) is 11.4. The van der Waals surface area contributed by atoms with Crippen molar-refractivity contribution in [2.45, 2.75) is 64.4 Å². The molecule has 1 aromatic heterocycles. The lowest BCUT2D eigenvalue weighted by molar-refractivity contribution is -0.117. The Balaban J connectivity index is 1.67. The van der Waals surface area contributed by atoms with E-state index >= 15 is 0 Å². The SMILES string of the molecule is CCCn1c(C)cc(/C=C(\C#N)C(=O)NCc2ccc(S(=O)(=O)N3CCCCC3)cc2)c1C. The molecule has 0 saturated carbocycles. The Morgan fingerprint density at radius 2 is 1.82 bits per heavy atom. The summed E-state index contributed by atoms with van der Waals surface area (Å²) in [5, 5.41) is 12.3. The number of nitrogens with zero attached hydrogens (tertiary/aromatic N) is 3. The Bertz CT molecular complexity index is 1170. The molecule has 1 fully saturated rings. The van der Waals surface area contributed by atoms with E-state index in [2.05, 4.69) is 16.8 Å². The van der Waals surface area contributed by atoms with Gasteiger partial charge in [-0.1, -0.05) is 25.5 Å². The Kier molecular flexibility index (Phi) is 8.11. The highest BCUT2D eigenvalue weighted by Gasteiger charge is 2.25. The molecule has 1 aliphatic heterocycles. The summed E-state index contributed by atoms with van der Waals surface area (Å²) in [6.45, 7) is 8.33. The fraction of sp³-hybridized carbons (Fsp3) is 0.440. The summed E-state index contributed by atoms with van der Waals surface area (Å²) in [6.07, 6.45) is 5.47. The number of nitrogens with one attached hydrogen (secondary N) is 1. The summed E-state index contributed by atoms with van der Waals surface area (Å²) in [6, 6.07) is 10.5. The number of benzene rings is 1. The van der Waals surface area contributed by atoms with E-state index in [1.165, 1.54) is 4.31 Å². The van der Waals surface area contributed by atoms with Crippen LogP contribution in [0.4, 0.5) is 0 Å². The maximum atomic E-state index is 12.8. The van der Waals surface area contributed by atoms with Crippen molar-refractivity contribution in [1.82, 2.24) is 14.2 Å². The van der Waals surface area contributed by atoms with E-state index in [4.69, 9.17) is 0 Å². The van der Waals surface area contributed by atoms with Crippen LogP contribution in [-0.2, 0) is 27.9 Å². The maximum Gasteiger partial charge on any atom is 0.262 e. The minimum absolute atomic E-state index is 0.0380. The van der Waals surface area contributed by atoms with Crippen LogP contribution in [0.25, 0.3) is 6.08 Å². The second-order valence-corrected chi connectivity index (χ2v) is 10.4. The largest absolute Gasteiger partial charge is 0.349 e. The van der Waals surface area contributed by atoms with Gasteiger partial charge in [0, 0.05) is 37.6 Å². The predicted octanol–water partition coefficient (Wildman–Crippen LogP) is 3.91. The molecule has 7 nitrogen and oxygen atoms in total. The minimum atomic E-state index is -3.48. The van der Waals surface area contributed by atoms with E-state index in [9.17, 15) is 18.5 Å². The Hall–Kier alpha value is -2.89. The molecular weight excluding hydrogens is 436 g/mol. The van der Waals surface area contributed by atoms with Gasteiger partial charge in [0.05, 0.1) is 4.90 Å². The van der Waals surface area contributed by atoms with E-state index < -0.39 is 15.9 Å². The Morgan fingerprint density at radius 1 is 1.15 bits per heavy atom. The highest BCUT2D eigenvalue weighted by Crippen LogP contribution is 2.21. The molecule has 8 heteroatoms. The van der Waals surface area contributed by atoms with Gasteiger partial charge in [-0.3, -0.25) is 4.79 Å². The Labute approximate surface area is 196 Å². The zero-order chi connectivity index (χ0) is 24.0. The van der Waals surface area contributed by atoms with Crippen molar-refractivity contribution in [2.75, 3.05) is 13.1 Å². The van der Waals surface area contributed by atoms with Gasteiger partial charge in [0.2, 0.25) is 10.0 Å². The lowest BCUT2D eigenvalue weighted by atomic mass is 10.1. The molecule has 2 aromatic rings. The molecule has 1 aliphatic rings. The zero-order valence-electron chi connectivity index (χ0n) is 19.6. The molecule has 1 amide bonds. The van der Waals surface area contributed by atoms with Crippen LogP contribution >= 0.6 is 0 Å². The molecule has 0 unspecified atom stereocenters. The highest BCUT2D eigenvalue weighted by atomic mass is 32.2. The van der Waals surface area contributed by atoms with Gasteiger partial charge >= 0.3 is 0 Å². The second kappa shape index (κ2) is 10.8. The molecule has 1 aromatic carbocycles. The first-order valence-corrected chi connectivity index (χ1v) is 12.9. The van der Waals surface area contributed by atoms with Gasteiger partial charge in [-0.25, -0.2) is 8.42 Å². The molecule has 0 aliphatic carbocycles. The molecule has 33 heavy (non-hydrogen) atoms. The molecular formula is C25H32N4O3S. The number of nitriles is 1. The summed E-state index contributed by atoms with van der Waals surface area (Å²) < 4.78 is 29.3. The average molecular weight is 469 g/mol. The standard InChI is InChI=1S/C25H32N4O3S/c1-4-12-29-19(2)15-22(20(29)3)16-23(17-26)25(30)27-18-21-8-10-24(11-9-21)33(31,32)28-13-6-5-7-14-28/h8-11,15-16H,4-7,12-14,18H2,1-3H3,(H,27,30)/b23-16+. The van der Waals surface area contributed by atoms with Crippen molar-refractivity contribution < 1.29 is 13.2 Å². The van der Waals surface area contributed by atoms with Crippen LogP contribution in [-0.4, -0.2) is 36.3 Å². The zero-order valence-corrected chi connectivity index (χ0v) is 20.4. The number of carbonyl (C=O) groups excluding carboxylic acids is 1. The first kappa shape index (κ1) is 24.7. The average Bonchev–Trinajstić information content (AvgIpc) is 3.09. The Morgan fingerprint density at radius 3 is 2.42 bits per heavy atom. The van der Waals surface area contributed by atoms with Crippen LogP contribution in [0.5, 0.6) is 0 Å². The number of amides is 1. The molecule has 1 saturated heterocycles. The van der Waals surface area contributed by atoms with Gasteiger partial charge in [-0.05, 0) is 68.5 Å². The summed E-state index contributed by atoms with van der Waals surface area (Å²) in [7, 11) is -3.48. The van der Waals surface area contributed by atoms with Crippen molar-refractivity contribution in [3.63, 3.8) is 0 Å². The van der Waals surface area contributed by atoms with Crippen molar-refractivity contribution in [1.29, 1.82) is 5.26 Å². The van der Waals surface area contributed by atoms with Gasteiger partial charge in [-0.15, -0.1) is 0 Å². The lowest BCUT2D eigenvalue weighted by Crippen LogP contribution is -2.35. The van der Waals surface area contributed by atoms with Crippen LogP contribution in [0.2, 0.25) is 0 Å². The van der Waals surface area contributed by atoms with Crippen molar-refractivity contribution in [3.05, 3.63) is 58.4 Å². The summed E-state index contributed by atoms with van der Waals surface area (Å²) in [5.74, 6) is -0.456. The number of piperidine rings is 1. The van der Waals surface area contributed by atoms with Crippen molar-refractivity contribution in [3.8, 4) is 6.07 Å². The number of aryl methyl sites for hydroxylation is 1. The third-order valence-electron chi connectivity index (χ3n) is 6.05. The number of rotatable bonds is 8. The molecule has 0 radical (unpaired) electrons. The third kappa shape index (κ3) is 5.73. The molecule has 0 bridgehead atoms. The quantitative estimate of drug-likeness (QED) is 0.469. The molecule has 0 atom stereocenters. The van der Waals surface area contributed by atoms with Crippen LogP contribution < -0.4 is 5.32 Å². The fourth-order valence-electron chi connectivity index (χ4n) is 4.16. The fourth-order valence-corrected chi connectivity index (χ4v) is 5.67. The van der Waals surface area contributed by atoms with Gasteiger partial charge in [-0.2, -0.15) is 9.57 Å². The molecule has 3 rings (SSSR count). The number of hydrogen-bond acceptors (Lipinski definition) is 4. The molecule has 176 valence electrons. The van der Waals surface area contributed by atoms with E-state index in [1.54, 1.807) is 30.3 Å². The van der Waals surface area contributed by atoms with Crippen LogP contribution in [0.15, 0.2) is 40.8 Å². The van der Waals surface area contributed by atoms with Crippen LogP contribution in [0.3, 0.4) is 0 Å². The van der Waals surface area contributed by atoms with Crippen molar-refractivity contribution >= 4 is 22.0 Å². The smallest absolute Gasteiger partial charge is 0.262 e. The van der Waals surface area contributed by atoms with Crippen molar-refractivity contribution in [2.24, 2.45) is 0 Å². The van der Waals surface area contributed by atoms with Gasteiger partial charge in [0.15, 0.2) is 0 Å². The van der Waals surface area contributed by atoms with E-state index in [0.717, 1.165) is 54.7 Å². The van der Waals surface area contributed by atoms with E-state index in [-0.39, 0.29) is 17.0 Å². The second-order valence-electron chi connectivity index (χ2n) is 8.44. The summed E-state index contributed by atoms with van der Waals surface area (Å²) in [5.41, 5.74) is 3.79. The topological polar surface area (TPSA) is 95.2 Å². The van der Waals surface area contributed by atoms with Gasteiger partial charge in [0.1, 0.15) is 11.6 Å². The number of aromatic nitrogens is 1.